The Morgan fingerprint density at radius 2 is 2.00 bits per heavy atom. The quantitative estimate of drug-likeness (QED) is 0.364. The molecule has 0 aromatic carbocycles. The highest BCUT2D eigenvalue weighted by atomic mass is 31.1. The molecule has 0 amide bonds. The first kappa shape index (κ1) is 12.7. The summed E-state index contributed by atoms with van der Waals surface area (Å²) in [5.41, 5.74) is 0. The monoisotopic (exact) mass is 208 g/mol. The molecule has 1 unspecified atom stereocenters. The molecule has 0 aliphatic carbocycles. The molecule has 0 aromatic rings. The highest BCUT2D eigenvalue weighted by Crippen LogP contribution is 2.15. The van der Waals surface area contributed by atoms with Crippen molar-refractivity contribution in [3.63, 3.8) is 0 Å². The van der Waals surface area contributed by atoms with Crippen molar-refractivity contribution in [1.82, 2.24) is 0 Å². The summed E-state index contributed by atoms with van der Waals surface area (Å²) < 4.78 is 19.9. The second kappa shape index (κ2) is 8.27. The first-order chi connectivity index (χ1) is 6.16. The lowest BCUT2D eigenvalue weighted by atomic mass is 10.2. The highest BCUT2D eigenvalue weighted by molar-refractivity contribution is 7.38. The van der Waals surface area contributed by atoms with Crippen LogP contribution in [0.25, 0.3) is 0 Å². The standard InChI is InChI=1S/C8H17O4P/c1-11-8(9)6-4-3-5-7-12-13(2)10/h13H,3-7H2,1-2H3. The van der Waals surface area contributed by atoms with Gasteiger partial charge in [-0.3, -0.25) is 9.36 Å². The van der Waals surface area contributed by atoms with Gasteiger partial charge in [0.05, 0.1) is 13.7 Å². The summed E-state index contributed by atoms with van der Waals surface area (Å²) >= 11 is 0. The van der Waals surface area contributed by atoms with E-state index in [9.17, 15) is 9.36 Å². The number of esters is 1. The van der Waals surface area contributed by atoms with Crippen molar-refractivity contribution in [1.29, 1.82) is 0 Å². The molecule has 0 radical (unpaired) electrons. The number of hydrogen-bond acceptors (Lipinski definition) is 4. The van der Waals surface area contributed by atoms with Gasteiger partial charge >= 0.3 is 5.97 Å². The van der Waals surface area contributed by atoms with Crippen molar-refractivity contribution >= 4 is 14.0 Å². The molecule has 0 saturated heterocycles. The van der Waals surface area contributed by atoms with Gasteiger partial charge in [0.25, 0.3) is 0 Å². The third kappa shape index (κ3) is 9.57. The van der Waals surface area contributed by atoms with E-state index in [2.05, 4.69) is 4.74 Å². The van der Waals surface area contributed by atoms with E-state index in [4.69, 9.17) is 4.52 Å². The predicted molar refractivity (Wildman–Crippen MR) is 51.4 cm³/mol. The fraction of sp³-hybridized carbons (Fsp3) is 0.875. The molecule has 78 valence electrons. The Bertz CT molecular complexity index is 170. The molecule has 0 aromatic heterocycles. The van der Waals surface area contributed by atoms with Crippen LogP contribution in [0.3, 0.4) is 0 Å². The number of ether oxygens (including phenoxy) is 1. The SMILES string of the molecule is COC(=O)CCCCCO[PH](C)=O. The summed E-state index contributed by atoms with van der Waals surface area (Å²) in [7, 11) is -0.400. The fourth-order valence-corrected chi connectivity index (χ4v) is 1.30. The smallest absolute Gasteiger partial charge is 0.305 e. The first-order valence-electron chi connectivity index (χ1n) is 4.37. The van der Waals surface area contributed by atoms with E-state index in [0.29, 0.717) is 13.0 Å². The van der Waals surface area contributed by atoms with Gasteiger partial charge in [-0.1, -0.05) is 6.42 Å². The zero-order chi connectivity index (χ0) is 10.1. The molecule has 0 aliphatic rings. The normalized spacial score (nSPS) is 12.5. The number of unbranched alkanes of at least 4 members (excludes halogenated alkanes) is 2. The van der Waals surface area contributed by atoms with Gasteiger partial charge in [0.2, 0.25) is 0 Å². The number of hydrogen-bond donors (Lipinski definition) is 0. The summed E-state index contributed by atoms with van der Waals surface area (Å²) in [6, 6.07) is 0. The van der Waals surface area contributed by atoms with E-state index in [1.807, 2.05) is 0 Å². The number of methoxy groups -OCH3 is 1. The van der Waals surface area contributed by atoms with Gasteiger partial charge in [-0.15, -0.1) is 0 Å². The summed E-state index contributed by atoms with van der Waals surface area (Å²) in [6.45, 7) is 2.09. The third-order valence-electron chi connectivity index (χ3n) is 1.56. The molecule has 0 fully saturated rings. The van der Waals surface area contributed by atoms with Crippen LogP contribution in [0.15, 0.2) is 0 Å². The van der Waals surface area contributed by atoms with Gasteiger partial charge in [0, 0.05) is 13.1 Å². The zero-order valence-corrected chi connectivity index (χ0v) is 9.17. The maximum absolute atomic E-state index is 10.7. The Balaban J connectivity index is 3.08. The molecule has 0 aliphatic heterocycles. The van der Waals surface area contributed by atoms with Crippen molar-refractivity contribution < 1.29 is 18.6 Å². The molecular weight excluding hydrogens is 191 g/mol. The third-order valence-corrected chi connectivity index (χ3v) is 2.17. The molecule has 0 rings (SSSR count). The van der Waals surface area contributed by atoms with E-state index < -0.39 is 8.03 Å². The predicted octanol–water partition coefficient (Wildman–Crippen LogP) is 1.84. The topological polar surface area (TPSA) is 52.6 Å². The largest absolute Gasteiger partial charge is 0.469 e. The van der Waals surface area contributed by atoms with Crippen molar-refractivity contribution in [2.75, 3.05) is 20.4 Å². The number of carbonyl (C=O) groups is 1. The molecule has 0 bridgehead atoms. The average Bonchev–Trinajstić information content (AvgIpc) is 2.10. The molecule has 4 nitrogen and oxygen atoms in total. The van der Waals surface area contributed by atoms with Crippen molar-refractivity contribution in [3.05, 3.63) is 0 Å². The lowest BCUT2D eigenvalue weighted by Crippen LogP contribution is -1.99. The van der Waals surface area contributed by atoms with Crippen molar-refractivity contribution in [2.45, 2.75) is 25.7 Å². The minimum absolute atomic E-state index is 0.176. The second-order valence-corrected chi connectivity index (χ2v) is 4.00. The number of carbonyl (C=O) groups excluding carboxylic acids is 1. The molecule has 5 heteroatoms. The summed E-state index contributed by atoms with van der Waals surface area (Å²) in [4.78, 5) is 10.7. The molecule has 1 atom stereocenters. The van der Waals surface area contributed by atoms with E-state index >= 15 is 0 Å². The minimum atomic E-state index is -1.78. The van der Waals surface area contributed by atoms with Crippen LogP contribution >= 0.6 is 8.03 Å². The van der Waals surface area contributed by atoms with E-state index in [1.54, 1.807) is 6.66 Å². The van der Waals surface area contributed by atoms with Crippen LogP contribution in [0.4, 0.5) is 0 Å². The lowest BCUT2D eigenvalue weighted by Gasteiger charge is -2.00. The van der Waals surface area contributed by atoms with Crippen molar-refractivity contribution in [2.24, 2.45) is 0 Å². The molecule has 0 heterocycles. The molecular formula is C8H17O4P. The Morgan fingerprint density at radius 1 is 1.31 bits per heavy atom. The molecule has 0 spiro atoms. The maximum atomic E-state index is 10.7. The van der Waals surface area contributed by atoms with E-state index in [1.165, 1.54) is 7.11 Å². The van der Waals surface area contributed by atoms with Crippen LogP contribution in [0.5, 0.6) is 0 Å². The van der Waals surface area contributed by atoms with Crippen LogP contribution in [-0.4, -0.2) is 26.4 Å². The van der Waals surface area contributed by atoms with Crippen molar-refractivity contribution in [3.8, 4) is 0 Å². The van der Waals surface area contributed by atoms with Crippen LogP contribution < -0.4 is 0 Å². The Hall–Kier alpha value is -0.340. The molecule has 0 N–H and O–H groups in total. The lowest BCUT2D eigenvalue weighted by molar-refractivity contribution is -0.140. The average molecular weight is 208 g/mol. The highest BCUT2D eigenvalue weighted by Gasteiger charge is 1.99. The number of rotatable bonds is 7. The van der Waals surface area contributed by atoms with E-state index in [0.717, 1.165) is 19.3 Å². The Kier molecular flexibility index (Phi) is 8.05. The van der Waals surface area contributed by atoms with E-state index in [-0.39, 0.29) is 5.97 Å². The van der Waals surface area contributed by atoms with Crippen LogP contribution in [0, 0.1) is 0 Å². The van der Waals surface area contributed by atoms with Gasteiger partial charge in [-0.05, 0) is 12.8 Å². The maximum Gasteiger partial charge on any atom is 0.305 e. The fourth-order valence-electron chi connectivity index (χ4n) is 0.866. The molecule has 0 saturated carbocycles. The Labute approximate surface area is 79.5 Å². The molecule has 13 heavy (non-hydrogen) atoms. The minimum Gasteiger partial charge on any atom is -0.469 e. The summed E-state index contributed by atoms with van der Waals surface area (Å²) in [5.74, 6) is -0.176. The summed E-state index contributed by atoms with van der Waals surface area (Å²) in [5, 5.41) is 0. The van der Waals surface area contributed by atoms with Crippen LogP contribution in [-0.2, 0) is 18.6 Å². The Morgan fingerprint density at radius 3 is 2.54 bits per heavy atom. The van der Waals surface area contributed by atoms with Crippen LogP contribution in [0.2, 0.25) is 0 Å². The van der Waals surface area contributed by atoms with Gasteiger partial charge < -0.3 is 9.26 Å². The zero-order valence-electron chi connectivity index (χ0n) is 8.17. The van der Waals surface area contributed by atoms with Gasteiger partial charge in [0.1, 0.15) is 0 Å². The second-order valence-electron chi connectivity index (χ2n) is 2.73. The van der Waals surface area contributed by atoms with Gasteiger partial charge in [-0.2, -0.15) is 0 Å². The summed E-state index contributed by atoms with van der Waals surface area (Å²) in [6.07, 6.45) is 3.02. The van der Waals surface area contributed by atoms with Gasteiger partial charge in [0.15, 0.2) is 8.03 Å². The first-order valence-corrected chi connectivity index (χ1v) is 6.18. The van der Waals surface area contributed by atoms with Crippen LogP contribution in [0.1, 0.15) is 25.7 Å². The van der Waals surface area contributed by atoms with Gasteiger partial charge in [-0.25, -0.2) is 0 Å².